The van der Waals surface area contributed by atoms with Crippen molar-refractivity contribution < 1.29 is 9.53 Å². The molecule has 4 rings (SSSR count). The molecule has 4 aromatic rings. The van der Waals surface area contributed by atoms with Gasteiger partial charge in [0.2, 0.25) is 5.91 Å². The molecule has 0 spiro atoms. The molecular weight excluding hydrogens is 456 g/mol. The fraction of sp³-hybridized carbons (Fsp3) is 0.208. The largest absolute Gasteiger partial charge is 0.491 e. The topological polar surface area (TPSA) is 104 Å². The van der Waals surface area contributed by atoms with Gasteiger partial charge in [-0.05, 0) is 56.3 Å². The minimum atomic E-state index is -0.478. The number of nitrogens with one attached hydrogen (secondary N) is 1. The molecule has 10 heteroatoms. The minimum Gasteiger partial charge on any atom is -0.491 e. The number of rotatable bonds is 8. The molecule has 0 saturated heterocycles. The van der Waals surface area contributed by atoms with Crippen molar-refractivity contribution in [3.63, 3.8) is 0 Å². The van der Waals surface area contributed by atoms with Crippen molar-refractivity contribution in [2.75, 3.05) is 0 Å². The summed E-state index contributed by atoms with van der Waals surface area (Å²) in [6.07, 6.45) is 4.71. The second-order valence-electron chi connectivity index (χ2n) is 7.71. The van der Waals surface area contributed by atoms with Crippen LogP contribution in [0.2, 0.25) is 5.02 Å². The first-order chi connectivity index (χ1) is 16.4. The van der Waals surface area contributed by atoms with Crippen LogP contribution in [0.3, 0.4) is 0 Å². The van der Waals surface area contributed by atoms with Gasteiger partial charge in [0.05, 0.1) is 29.1 Å². The van der Waals surface area contributed by atoms with E-state index in [1.807, 2.05) is 19.9 Å². The van der Waals surface area contributed by atoms with Crippen LogP contribution in [-0.2, 0) is 17.9 Å². The lowest BCUT2D eigenvalue weighted by Crippen LogP contribution is -2.33. The Kier molecular flexibility index (Phi) is 7.03. The number of pyridine rings is 2. The van der Waals surface area contributed by atoms with Gasteiger partial charge >= 0.3 is 5.69 Å². The van der Waals surface area contributed by atoms with Gasteiger partial charge in [-0.15, -0.1) is 5.10 Å². The monoisotopic (exact) mass is 478 g/mol. The smallest absolute Gasteiger partial charge is 0.351 e. The first-order valence-corrected chi connectivity index (χ1v) is 11.0. The van der Waals surface area contributed by atoms with Crippen LogP contribution in [0.15, 0.2) is 71.9 Å². The Bertz CT molecular complexity index is 1330. The summed E-state index contributed by atoms with van der Waals surface area (Å²) in [6.45, 7) is 3.86. The summed E-state index contributed by atoms with van der Waals surface area (Å²) in [5.41, 5.74) is 1.31. The molecule has 0 radical (unpaired) electrons. The average molecular weight is 479 g/mol. The number of halogens is 1. The quantitative estimate of drug-likeness (QED) is 0.417. The van der Waals surface area contributed by atoms with E-state index in [2.05, 4.69) is 20.4 Å². The van der Waals surface area contributed by atoms with E-state index in [1.54, 1.807) is 54.9 Å². The number of aromatic nitrogens is 5. The van der Waals surface area contributed by atoms with Gasteiger partial charge in [-0.25, -0.2) is 14.0 Å². The van der Waals surface area contributed by atoms with Gasteiger partial charge < -0.3 is 10.1 Å². The number of carbonyl (C=O) groups is 1. The summed E-state index contributed by atoms with van der Waals surface area (Å²) in [4.78, 5) is 34.0. The molecule has 0 aliphatic rings. The molecule has 34 heavy (non-hydrogen) atoms. The Morgan fingerprint density at radius 1 is 1.12 bits per heavy atom. The maximum atomic E-state index is 13.3. The maximum absolute atomic E-state index is 13.3. The molecule has 0 saturated carbocycles. The molecule has 9 nitrogen and oxygen atoms in total. The molecule has 1 amide bonds. The van der Waals surface area contributed by atoms with Crippen LogP contribution < -0.4 is 15.7 Å². The Balaban J connectivity index is 1.67. The molecule has 174 valence electrons. The third kappa shape index (κ3) is 5.32. The highest BCUT2D eigenvalue weighted by molar-refractivity contribution is 6.33. The second kappa shape index (κ2) is 10.3. The number of carbonyl (C=O) groups excluding carboxylic acids is 1. The molecule has 0 aliphatic carbocycles. The first kappa shape index (κ1) is 23.2. The summed E-state index contributed by atoms with van der Waals surface area (Å²) in [6, 6.07) is 14.2. The predicted octanol–water partition coefficient (Wildman–Crippen LogP) is 3.25. The molecule has 0 bridgehead atoms. The molecule has 3 heterocycles. The first-order valence-electron chi connectivity index (χ1n) is 10.7. The van der Waals surface area contributed by atoms with Crippen LogP contribution in [0, 0.1) is 0 Å². The summed E-state index contributed by atoms with van der Waals surface area (Å²) in [5.74, 6) is 0.606. The molecule has 1 aromatic carbocycles. The van der Waals surface area contributed by atoms with Crippen molar-refractivity contribution >= 4 is 17.5 Å². The standard InChI is InChI=1S/C24H23ClN6O3/c1-16(2)34-19-8-6-18(7-9-19)31-23(20-10-12-26-14-21(20)25)29-30(24(31)33)15-22(32)28-13-17-5-3-4-11-27-17/h3-12,14,16H,13,15H2,1-2H3,(H,28,32). The van der Waals surface area contributed by atoms with Gasteiger partial charge in [-0.3, -0.25) is 14.8 Å². The van der Waals surface area contributed by atoms with E-state index in [9.17, 15) is 9.59 Å². The normalized spacial score (nSPS) is 10.9. The zero-order chi connectivity index (χ0) is 24.1. The molecule has 1 N–H and O–H groups in total. The van der Waals surface area contributed by atoms with Gasteiger partial charge in [0.25, 0.3) is 0 Å². The Morgan fingerprint density at radius 2 is 1.91 bits per heavy atom. The summed E-state index contributed by atoms with van der Waals surface area (Å²) >= 11 is 6.35. The van der Waals surface area contributed by atoms with E-state index in [1.165, 1.54) is 10.8 Å². The SMILES string of the molecule is CC(C)Oc1ccc(-n2c(-c3ccncc3Cl)nn(CC(=O)NCc3ccccn3)c2=O)cc1. The van der Waals surface area contributed by atoms with Gasteiger partial charge in [0.15, 0.2) is 5.82 Å². The highest BCUT2D eigenvalue weighted by Gasteiger charge is 2.20. The lowest BCUT2D eigenvalue weighted by molar-refractivity contribution is -0.122. The van der Waals surface area contributed by atoms with E-state index in [0.29, 0.717) is 33.5 Å². The Hall–Kier alpha value is -3.98. The van der Waals surface area contributed by atoms with Crippen LogP contribution in [0.5, 0.6) is 5.75 Å². The van der Waals surface area contributed by atoms with Crippen LogP contribution in [0.1, 0.15) is 19.5 Å². The van der Waals surface area contributed by atoms with E-state index >= 15 is 0 Å². The van der Waals surface area contributed by atoms with Crippen LogP contribution in [-0.4, -0.2) is 36.3 Å². The van der Waals surface area contributed by atoms with E-state index in [-0.39, 0.29) is 25.1 Å². The highest BCUT2D eigenvalue weighted by Crippen LogP contribution is 2.27. The molecule has 0 aliphatic heterocycles. The van der Waals surface area contributed by atoms with Crippen LogP contribution in [0.25, 0.3) is 17.1 Å². The number of ether oxygens (including phenoxy) is 1. The zero-order valence-electron chi connectivity index (χ0n) is 18.7. The van der Waals surface area contributed by atoms with Crippen LogP contribution >= 0.6 is 11.6 Å². The Labute approximate surface area is 201 Å². The van der Waals surface area contributed by atoms with Crippen molar-refractivity contribution in [3.8, 4) is 22.8 Å². The minimum absolute atomic E-state index is 0.0205. The van der Waals surface area contributed by atoms with Crippen molar-refractivity contribution in [3.05, 3.63) is 88.3 Å². The van der Waals surface area contributed by atoms with Crippen molar-refractivity contribution in [2.24, 2.45) is 0 Å². The predicted molar refractivity (Wildman–Crippen MR) is 128 cm³/mol. The number of hydrogen-bond donors (Lipinski definition) is 1. The third-order valence-corrected chi connectivity index (χ3v) is 5.11. The van der Waals surface area contributed by atoms with Gasteiger partial charge in [0, 0.05) is 24.2 Å². The van der Waals surface area contributed by atoms with Crippen LogP contribution in [0.4, 0.5) is 0 Å². The van der Waals surface area contributed by atoms with Crippen molar-refractivity contribution in [1.82, 2.24) is 29.6 Å². The number of benzene rings is 1. The van der Waals surface area contributed by atoms with Gasteiger partial charge in [-0.2, -0.15) is 0 Å². The molecular formula is C24H23ClN6O3. The summed E-state index contributed by atoms with van der Waals surface area (Å²) in [5, 5.41) is 7.52. The fourth-order valence-electron chi connectivity index (χ4n) is 3.30. The van der Waals surface area contributed by atoms with E-state index in [0.717, 1.165) is 4.68 Å². The van der Waals surface area contributed by atoms with Crippen molar-refractivity contribution in [1.29, 1.82) is 0 Å². The number of nitrogens with zero attached hydrogens (tertiary/aromatic N) is 5. The maximum Gasteiger partial charge on any atom is 0.351 e. The highest BCUT2D eigenvalue weighted by atomic mass is 35.5. The van der Waals surface area contributed by atoms with E-state index < -0.39 is 5.69 Å². The van der Waals surface area contributed by atoms with Crippen molar-refractivity contribution in [2.45, 2.75) is 33.0 Å². The van der Waals surface area contributed by atoms with Gasteiger partial charge in [0.1, 0.15) is 12.3 Å². The number of amides is 1. The average Bonchev–Trinajstić information content (AvgIpc) is 3.14. The molecule has 0 unspecified atom stereocenters. The fourth-order valence-corrected chi connectivity index (χ4v) is 3.51. The molecule has 3 aromatic heterocycles. The molecule has 0 fully saturated rings. The Morgan fingerprint density at radius 3 is 2.59 bits per heavy atom. The van der Waals surface area contributed by atoms with E-state index in [4.69, 9.17) is 16.3 Å². The molecule has 0 atom stereocenters. The van der Waals surface area contributed by atoms with Gasteiger partial charge in [-0.1, -0.05) is 17.7 Å². The zero-order valence-corrected chi connectivity index (χ0v) is 19.4. The third-order valence-electron chi connectivity index (χ3n) is 4.81. The lowest BCUT2D eigenvalue weighted by atomic mass is 10.2. The number of hydrogen-bond acceptors (Lipinski definition) is 6. The summed E-state index contributed by atoms with van der Waals surface area (Å²) < 4.78 is 8.21. The lowest BCUT2D eigenvalue weighted by Gasteiger charge is -2.11. The second-order valence-corrected chi connectivity index (χ2v) is 8.12. The summed E-state index contributed by atoms with van der Waals surface area (Å²) in [7, 11) is 0.